The molecule has 0 amide bonds. The minimum Gasteiger partial charge on any atom is -0.380 e. The first-order valence-corrected chi connectivity index (χ1v) is 6.20. The van der Waals surface area contributed by atoms with E-state index in [4.69, 9.17) is 10.5 Å². The highest BCUT2D eigenvalue weighted by molar-refractivity contribution is 9.10. The van der Waals surface area contributed by atoms with E-state index in [1.807, 2.05) is 6.07 Å². The summed E-state index contributed by atoms with van der Waals surface area (Å²) in [6.07, 6.45) is 2.55. The number of hydrogen-bond donors (Lipinski definition) is 1. The third-order valence-corrected chi connectivity index (χ3v) is 3.82. The molecule has 0 radical (unpaired) electrons. The number of halogens is 2. The van der Waals surface area contributed by atoms with Crippen LogP contribution in [-0.2, 0) is 11.2 Å². The molecular formula is C12H15BrFNO. The standard InChI is InChI=1S/C12H15BrFNO/c13-11-9(3-1-4-10(11)14)7-12(15)5-2-6-16-8-12/h1,3-4H,2,5-8,15H2. The van der Waals surface area contributed by atoms with Crippen LogP contribution < -0.4 is 5.73 Å². The first-order valence-electron chi connectivity index (χ1n) is 5.40. The van der Waals surface area contributed by atoms with Crippen LogP contribution in [0.2, 0.25) is 0 Å². The van der Waals surface area contributed by atoms with Gasteiger partial charge in [0, 0.05) is 12.1 Å². The molecule has 2 N–H and O–H groups in total. The number of ether oxygens (including phenoxy) is 1. The molecule has 1 aromatic carbocycles. The van der Waals surface area contributed by atoms with Crippen molar-refractivity contribution in [3.05, 3.63) is 34.1 Å². The van der Waals surface area contributed by atoms with E-state index in [2.05, 4.69) is 15.9 Å². The zero-order valence-electron chi connectivity index (χ0n) is 9.01. The molecule has 0 aliphatic carbocycles. The molecular weight excluding hydrogens is 273 g/mol. The molecule has 1 unspecified atom stereocenters. The normalized spacial score (nSPS) is 25.7. The van der Waals surface area contributed by atoms with Crippen LogP contribution in [0.15, 0.2) is 22.7 Å². The lowest BCUT2D eigenvalue weighted by Gasteiger charge is -2.33. The Hall–Kier alpha value is -0.450. The smallest absolute Gasteiger partial charge is 0.137 e. The lowest BCUT2D eigenvalue weighted by molar-refractivity contribution is 0.0381. The largest absolute Gasteiger partial charge is 0.380 e. The number of rotatable bonds is 2. The summed E-state index contributed by atoms with van der Waals surface area (Å²) in [7, 11) is 0. The fourth-order valence-electron chi connectivity index (χ4n) is 2.08. The van der Waals surface area contributed by atoms with Crippen LogP contribution in [0.1, 0.15) is 18.4 Å². The van der Waals surface area contributed by atoms with Crippen LogP contribution in [-0.4, -0.2) is 18.8 Å². The molecule has 1 heterocycles. The second-order valence-electron chi connectivity index (χ2n) is 4.41. The summed E-state index contributed by atoms with van der Waals surface area (Å²) in [6, 6.07) is 5.05. The van der Waals surface area contributed by atoms with Gasteiger partial charge in [0.2, 0.25) is 0 Å². The van der Waals surface area contributed by atoms with E-state index >= 15 is 0 Å². The maximum atomic E-state index is 13.3. The molecule has 2 nitrogen and oxygen atoms in total. The highest BCUT2D eigenvalue weighted by Gasteiger charge is 2.29. The average Bonchev–Trinajstić information content (AvgIpc) is 2.26. The van der Waals surface area contributed by atoms with Crippen molar-refractivity contribution in [3.63, 3.8) is 0 Å². The van der Waals surface area contributed by atoms with Gasteiger partial charge in [-0.25, -0.2) is 4.39 Å². The van der Waals surface area contributed by atoms with Gasteiger partial charge in [0.05, 0.1) is 11.1 Å². The number of hydrogen-bond acceptors (Lipinski definition) is 2. The van der Waals surface area contributed by atoms with Crippen LogP contribution in [0.3, 0.4) is 0 Å². The van der Waals surface area contributed by atoms with E-state index in [0.29, 0.717) is 17.5 Å². The van der Waals surface area contributed by atoms with Crippen LogP contribution in [0.25, 0.3) is 0 Å². The predicted octanol–water partition coefficient (Wildman–Crippen LogP) is 2.64. The van der Waals surface area contributed by atoms with Gasteiger partial charge in [0.1, 0.15) is 5.82 Å². The summed E-state index contributed by atoms with van der Waals surface area (Å²) in [4.78, 5) is 0. The molecule has 1 saturated heterocycles. The van der Waals surface area contributed by atoms with Gasteiger partial charge in [0.15, 0.2) is 0 Å². The van der Waals surface area contributed by atoms with Crippen molar-refractivity contribution in [1.82, 2.24) is 0 Å². The van der Waals surface area contributed by atoms with Gasteiger partial charge in [-0.3, -0.25) is 0 Å². The zero-order chi connectivity index (χ0) is 11.6. The SMILES string of the molecule is NC1(Cc2cccc(F)c2Br)CCCOC1. The van der Waals surface area contributed by atoms with Gasteiger partial charge in [-0.15, -0.1) is 0 Å². The van der Waals surface area contributed by atoms with Gasteiger partial charge in [-0.1, -0.05) is 12.1 Å². The Bertz CT molecular complexity index is 377. The Morgan fingerprint density at radius 1 is 1.50 bits per heavy atom. The van der Waals surface area contributed by atoms with Crippen LogP contribution in [0.4, 0.5) is 4.39 Å². The van der Waals surface area contributed by atoms with Crippen molar-refractivity contribution < 1.29 is 9.13 Å². The third kappa shape index (κ3) is 2.62. The second-order valence-corrected chi connectivity index (χ2v) is 5.20. The highest BCUT2D eigenvalue weighted by Crippen LogP contribution is 2.27. The molecule has 1 atom stereocenters. The quantitative estimate of drug-likeness (QED) is 0.908. The van der Waals surface area contributed by atoms with Crippen LogP contribution >= 0.6 is 15.9 Å². The Labute approximate surface area is 103 Å². The molecule has 0 saturated carbocycles. The summed E-state index contributed by atoms with van der Waals surface area (Å²) >= 11 is 3.26. The minimum atomic E-state index is -0.353. The van der Waals surface area contributed by atoms with E-state index in [1.165, 1.54) is 6.07 Å². The molecule has 1 fully saturated rings. The summed E-state index contributed by atoms with van der Waals surface area (Å²) in [5.74, 6) is -0.238. The number of nitrogens with two attached hydrogens (primary N) is 1. The molecule has 1 aromatic rings. The molecule has 0 bridgehead atoms. The fraction of sp³-hybridized carbons (Fsp3) is 0.500. The Morgan fingerprint density at radius 3 is 3.00 bits per heavy atom. The molecule has 0 aromatic heterocycles. The zero-order valence-corrected chi connectivity index (χ0v) is 10.6. The summed E-state index contributed by atoms with van der Waals surface area (Å²) in [5, 5.41) is 0. The van der Waals surface area contributed by atoms with E-state index in [9.17, 15) is 4.39 Å². The average molecular weight is 288 g/mol. The van der Waals surface area contributed by atoms with E-state index in [1.54, 1.807) is 6.07 Å². The summed E-state index contributed by atoms with van der Waals surface area (Å²) in [6.45, 7) is 1.33. The molecule has 2 rings (SSSR count). The highest BCUT2D eigenvalue weighted by atomic mass is 79.9. The van der Waals surface area contributed by atoms with Crippen molar-refractivity contribution in [1.29, 1.82) is 0 Å². The maximum Gasteiger partial charge on any atom is 0.137 e. The van der Waals surface area contributed by atoms with Crippen LogP contribution in [0.5, 0.6) is 0 Å². The first-order chi connectivity index (χ1) is 7.61. The second kappa shape index (κ2) is 4.82. The van der Waals surface area contributed by atoms with Crippen molar-refractivity contribution >= 4 is 15.9 Å². The first kappa shape index (κ1) is 12.0. The van der Waals surface area contributed by atoms with Crippen molar-refractivity contribution in [3.8, 4) is 0 Å². The van der Waals surface area contributed by atoms with Gasteiger partial charge in [-0.05, 0) is 46.8 Å². The van der Waals surface area contributed by atoms with Gasteiger partial charge >= 0.3 is 0 Å². The molecule has 0 spiro atoms. The Balaban J connectivity index is 2.16. The van der Waals surface area contributed by atoms with E-state index in [-0.39, 0.29) is 11.4 Å². The van der Waals surface area contributed by atoms with Crippen molar-refractivity contribution in [2.45, 2.75) is 24.8 Å². The van der Waals surface area contributed by atoms with E-state index in [0.717, 1.165) is 25.0 Å². The predicted molar refractivity (Wildman–Crippen MR) is 64.8 cm³/mol. The van der Waals surface area contributed by atoms with Gasteiger partial charge in [0.25, 0.3) is 0 Å². The fourth-order valence-corrected chi connectivity index (χ4v) is 2.48. The molecule has 1 aliphatic heterocycles. The Morgan fingerprint density at radius 2 is 2.31 bits per heavy atom. The van der Waals surface area contributed by atoms with Crippen LogP contribution in [0, 0.1) is 5.82 Å². The van der Waals surface area contributed by atoms with Crippen molar-refractivity contribution in [2.75, 3.05) is 13.2 Å². The topological polar surface area (TPSA) is 35.2 Å². The van der Waals surface area contributed by atoms with Crippen molar-refractivity contribution in [2.24, 2.45) is 5.73 Å². The number of benzene rings is 1. The summed E-state index contributed by atoms with van der Waals surface area (Å²) in [5.41, 5.74) is 6.80. The lowest BCUT2D eigenvalue weighted by atomic mass is 9.87. The van der Waals surface area contributed by atoms with E-state index < -0.39 is 0 Å². The Kier molecular flexibility index (Phi) is 3.62. The van der Waals surface area contributed by atoms with Gasteiger partial charge < -0.3 is 10.5 Å². The molecule has 4 heteroatoms. The molecule has 16 heavy (non-hydrogen) atoms. The molecule has 1 aliphatic rings. The maximum absolute atomic E-state index is 13.3. The monoisotopic (exact) mass is 287 g/mol. The molecule has 88 valence electrons. The van der Waals surface area contributed by atoms with Gasteiger partial charge in [-0.2, -0.15) is 0 Å². The minimum absolute atomic E-state index is 0.238. The third-order valence-electron chi connectivity index (χ3n) is 2.93. The summed E-state index contributed by atoms with van der Waals surface area (Å²) < 4.78 is 19.3. The lowest BCUT2D eigenvalue weighted by Crippen LogP contribution is -2.49.